The third-order valence-corrected chi connectivity index (χ3v) is 2.72. The van der Waals surface area contributed by atoms with Gasteiger partial charge in [-0.3, -0.25) is 0 Å². The highest BCUT2D eigenvalue weighted by atomic mass is 14.9. The van der Waals surface area contributed by atoms with E-state index in [1.807, 2.05) is 12.2 Å². The average Bonchev–Trinajstić information content (AvgIpc) is 2.13. The molecule has 0 bridgehead atoms. The zero-order valence-electron chi connectivity index (χ0n) is 8.65. The van der Waals surface area contributed by atoms with Gasteiger partial charge in [0.1, 0.15) is 0 Å². The summed E-state index contributed by atoms with van der Waals surface area (Å²) in [5.41, 5.74) is 4.95. The summed E-state index contributed by atoms with van der Waals surface area (Å²) < 4.78 is 0. The summed E-state index contributed by atoms with van der Waals surface area (Å²) in [6.45, 7) is 14.0. The van der Waals surface area contributed by atoms with Crippen LogP contribution < -0.4 is 5.32 Å². The van der Waals surface area contributed by atoms with Gasteiger partial charge in [0.05, 0.1) is 0 Å². The van der Waals surface area contributed by atoms with Crippen LogP contribution in [0, 0.1) is 0 Å². The van der Waals surface area contributed by atoms with E-state index >= 15 is 0 Å². The molecule has 0 spiro atoms. The van der Waals surface area contributed by atoms with Crippen LogP contribution in [0.2, 0.25) is 0 Å². The van der Waals surface area contributed by atoms with Crippen LogP contribution in [0.15, 0.2) is 47.7 Å². The van der Waals surface area contributed by atoms with Crippen LogP contribution in [0.3, 0.4) is 0 Å². The molecule has 0 aromatic heterocycles. The van der Waals surface area contributed by atoms with Crippen molar-refractivity contribution in [1.29, 1.82) is 0 Å². The first kappa shape index (κ1) is 9.85. The number of hydrogen-bond acceptors (Lipinski definition) is 1. The molecule has 1 N–H and O–H groups in total. The second-order valence-electron chi connectivity index (χ2n) is 3.41. The second kappa shape index (κ2) is 3.65. The molecule has 0 saturated heterocycles. The lowest BCUT2D eigenvalue weighted by Gasteiger charge is -2.27. The van der Waals surface area contributed by atoms with Gasteiger partial charge in [-0.25, -0.2) is 0 Å². The highest BCUT2D eigenvalue weighted by Crippen LogP contribution is 2.25. The number of hydrogen-bond donors (Lipinski definition) is 1. The summed E-state index contributed by atoms with van der Waals surface area (Å²) in [5.74, 6) is 0. The van der Waals surface area contributed by atoms with E-state index < -0.39 is 0 Å². The molecule has 0 aromatic rings. The van der Waals surface area contributed by atoms with Gasteiger partial charge in [0.25, 0.3) is 0 Å². The minimum Gasteiger partial charge on any atom is -0.378 e. The molecule has 1 aliphatic heterocycles. The summed E-state index contributed by atoms with van der Waals surface area (Å²) in [7, 11) is 0. The van der Waals surface area contributed by atoms with E-state index in [-0.39, 0.29) is 0 Å². The van der Waals surface area contributed by atoms with Crippen molar-refractivity contribution in [3.8, 4) is 0 Å². The quantitative estimate of drug-likeness (QED) is 0.680. The van der Waals surface area contributed by atoms with Crippen LogP contribution in [0.5, 0.6) is 0 Å². The fraction of sp³-hybridized carbons (Fsp3) is 0.333. The fourth-order valence-electron chi connectivity index (χ4n) is 1.59. The van der Waals surface area contributed by atoms with Crippen LogP contribution in [-0.4, -0.2) is 6.04 Å². The Bertz CT molecular complexity index is 305. The first-order valence-corrected chi connectivity index (χ1v) is 4.55. The van der Waals surface area contributed by atoms with Crippen molar-refractivity contribution in [1.82, 2.24) is 5.32 Å². The predicted octanol–water partition coefficient (Wildman–Crippen LogP) is 2.94. The van der Waals surface area contributed by atoms with Crippen molar-refractivity contribution in [3.63, 3.8) is 0 Å². The second-order valence-corrected chi connectivity index (χ2v) is 3.41. The monoisotopic (exact) mass is 175 g/mol. The number of allylic oxidation sites excluding steroid dienone is 4. The molecule has 1 atom stereocenters. The molecule has 1 heteroatoms. The molecule has 1 nitrogen and oxygen atoms in total. The highest BCUT2D eigenvalue weighted by Gasteiger charge is 2.17. The van der Waals surface area contributed by atoms with Gasteiger partial charge in [-0.05, 0) is 43.6 Å². The first-order valence-electron chi connectivity index (χ1n) is 4.55. The van der Waals surface area contributed by atoms with Crippen molar-refractivity contribution in [3.05, 3.63) is 47.7 Å². The Balaban J connectivity index is 3.24. The molecule has 0 radical (unpaired) electrons. The summed E-state index contributed by atoms with van der Waals surface area (Å²) in [4.78, 5) is 0. The molecule has 1 rings (SSSR count). The third-order valence-electron chi connectivity index (χ3n) is 2.72. The van der Waals surface area contributed by atoms with Crippen LogP contribution >= 0.6 is 0 Å². The molecule has 70 valence electrons. The number of nitrogens with one attached hydrogen (secondary N) is 1. The Kier molecular flexibility index (Phi) is 2.76. The zero-order valence-corrected chi connectivity index (χ0v) is 8.65. The van der Waals surface area contributed by atoms with Gasteiger partial charge in [-0.15, -0.1) is 0 Å². The first-order chi connectivity index (χ1) is 6.11. The molecule has 13 heavy (non-hydrogen) atoms. The van der Waals surface area contributed by atoms with Crippen LogP contribution in [0.25, 0.3) is 0 Å². The van der Waals surface area contributed by atoms with Gasteiger partial charge in [0.2, 0.25) is 0 Å². The smallest absolute Gasteiger partial charge is 0.0448 e. The molecule has 0 aromatic carbocycles. The molecule has 0 saturated carbocycles. The van der Waals surface area contributed by atoms with Gasteiger partial charge in [-0.1, -0.05) is 19.2 Å². The molecule has 0 amide bonds. The highest BCUT2D eigenvalue weighted by molar-refractivity contribution is 5.50. The maximum atomic E-state index is 3.81. The summed E-state index contributed by atoms with van der Waals surface area (Å²) in [5, 5.41) is 3.38. The van der Waals surface area contributed by atoms with Crippen molar-refractivity contribution in [2.45, 2.75) is 26.8 Å². The maximum Gasteiger partial charge on any atom is 0.0448 e. The third kappa shape index (κ3) is 1.59. The Hall–Kier alpha value is -1.24. The minimum absolute atomic E-state index is 0.400. The SMILES string of the molecule is C=CC1=C(C=C)C(C)=C(C)C(C)N1. The average molecular weight is 175 g/mol. The lowest BCUT2D eigenvalue weighted by molar-refractivity contribution is 0.680. The van der Waals surface area contributed by atoms with E-state index in [2.05, 4.69) is 39.2 Å². The van der Waals surface area contributed by atoms with Crippen LogP contribution in [0.1, 0.15) is 20.8 Å². The number of dihydropyridines is 1. The summed E-state index contributed by atoms with van der Waals surface area (Å²) >= 11 is 0. The van der Waals surface area contributed by atoms with E-state index in [0.29, 0.717) is 6.04 Å². The minimum atomic E-state index is 0.400. The van der Waals surface area contributed by atoms with E-state index in [9.17, 15) is 0 Å². The topological polar surface area (TPSA) is 12.0 Å². The molecule has 0 aliphatic carbocycles. The largest absolute Gasteiger partial charge is 0.378 e. The Morgan fingerprint density at radius 2 is 1.85 bits per heavy atom. The molecular weight excluding hydrogens is 158 g/mol. The van der Waals surface area contributed by atoms with Crippen molar-refractivity contribution in [2.24, 2.45) is 0 Å². The van der Waals surface area contributed by atoms with E-state index in [1.165, 1.54) is 16.7 Å². The van der Waals surface area contributed by atoms with E-state index in [1.54, 1.807) is 0 Å². The van der Waals surface area contributed by atoms with Crippen LogP contribution in [-0.2, 0) is 0 Å². The van der Waals surface area contributed by atoms with Gasteiger partial charge in [0.15, 0.2) is 0 Å². The molecule has 1 heterocycles. The maximum absolute atomic E-state index is 3.81. The molecule has 0 fully saturated rings. The van der Waals surface area contributed by atoms with E-state index in [0.717, 1.165) is 5.70 Å². The Morgan fingerprint density at radius 1 is 1.23 bits per heavy atom. The fourth-order valence-corrected chi connectivity index (χ4v) is 1.59. The predicted molar refractivity (Wildman–Crippen MR) is 58.4 cm³/mol. The summed E-state index contributed by atoms with van der Waals surface area (Å²) in [6.07, 6.45) is 3.73. The van der Waals surface area contributed by atoms with Gasteiger partial charge < -0.3 is 5.32 Å². The van der Waals surface area contributed by atoms with Gasteiger partial charge in [0, 0.05) is 11.7 Å². The normalized spacial score (nSPS) is 22.8. The number of rotatable bonds is 2. The van der Waals surface area contributed by atoms with Crippen molar-refractivity contribution >= 4 is 0 Å². The Morgan fingerprint density at radius 3 is 2.31 bits per heavy atom. The van der Waals surface area contributed by atoms with Crippen molar-refractivity contribution < 1.29 is 0 Å². The standard InChI is InChI=1S/C12H17N/c1-6-11-9(4)8(3)10(5)13-12(11)7-2/h6-7,10,13H,1-2H2,3-5H3. The van der Waals surface area contributed by atoms with E-state index in [4.69, 9.17) is 0 Å². The van der Waals surface area contributed by atoms with Crippen molar-refractivity contribution in [2.75, 3.05) is 0 Å². The van der Waals surface area contributed by atoms with Gasteiger partial charge >= 0.3 is 0 Å². The molecular formula is C12H17N. The Labute approximate surface area is 80.5 Å². The summed E-state index contributed by atoms with van der Waals surface area (Å²) in [6, 6.07) is 0.400. The van der Waals surface area contributed by atoms with Gasteiger partial charge in [-0.2, -0.15) is 0 Å². The molecule has 1 aliphatic rings. The van der Waals surface area contributed by atoms with Crippen LogP contribution in [0.4, 0.5) is 0 Å². The molecule has 1 unspecified atom stereocenters. The zero-order chi connectivity index (χ0) is 10.0. The lowest BCUT2D eigenvalue weighted by atomic mass is 9.92. The lowest BCUT2D eigenvalue weighted by Crippen LogP contribution is -2.31.